The van der Waals surface area contributed by atoms with Crippen LogP contribution < -0.4 is 4.74 Å². The minimum Gasteiger partial charge on any atom is -0.489 e. The van der Waals surface area contributed by atoms with Gasteiger partial charge in [0, 0.05) is 36.8 Å². The number of hydrogen-bond donors (Lipinski definition) is 0. The molecule has 0 bridgehead atoms. The van der Waals surface area contributed by atoms with Crippen molar-refractivity contribution in [1.82, 2.24) is 5.06 Å². The van der Waals surface area contributed by atoms with Crippen molar-refractivity contribution >= 4 is 36.4 Å². The molecule has 1 radical (unpaired) electrons. The summed E-state index contributed by atoms with van der Waals surface area (Å²) in [5.41, 5.74) is 0. The Morgan fingerprint density at radius 3 is 2.76 bits per heavy atom. The van der Waals surface area contributed by atoms with Gasteiger partial charge in [-0.3, -0.25) is 4.79 Å². The number of carbonyl (C=O) groups excluding carboxylic acids is 1. The molecule has 1 atom stereocenters. The van der Waals surface area contributed by atoms with Crippen LogP contribution in [0.2, 0.25) is 5.02 Å². The number of halogens is 1. The quantitative estimate of drug-likeness (QED) is 0.802. The van der Waals surface area contributed by atoms with Crippen LogP contribution in [0.1, 0.15) is 25.7 Å². The summed E-state index contributed by atoms with van der Waals surface area (Å²) in [7, 11) is 0. The Morgan fingerprint density at radius 2 is 2.10 bits per heavy atom. The molecule has 2 fully saturated rings. The van der Waals surface area contributed by atoms with E-state index < -0.39 is 0 Å². The molecular weight excluding hydrogens is 285 g/mol. The molecule has 1 saturated heterocycles. The van der Waals surface area contributed by atoms with Crippen molar-refractivity contribution in [2.75, 3.05) is 13.1 Å². The molecule has 1 aliphatic heterocycles. The van der Waals surface area contributed by atoms with E-state index in [4.69, 9.17) is 21.2 Å². The van der Waals surface area contributed by atoms with E-state index in [1.54, 1.807) is 11.1 Å². The molecule has 21 heavy (non-hydrogen) atoms. The molecule has 1 aliphatic carbocycles. The molecule has 0 N–H and O–H groups in total. The van der Waals surface area contributed by atoms with E-state index >= 15 is 0 Å². The molecule has 0 amide bonds. The molecule has 1 aromatic carbocycles. The molecule has 2 aliphatic rings. The van der Waals surface area contributed by atoms with Crippen LogP contribution in [0.25, 0.3) is 0 Å². The Morgan fingerprint density at radius 1 is 1.29 bits per heavy atom. The number of benzene rings is 1. The first-order valence-corrected chi connectivity index (χ1v) is 7.47. The first kappa shape index (κ1) is 16.7. The van der Waals surface area contributed by atoms with Gasteiger partial charge < -0.3 is 9.57 Å². The molecule has 109 valence electrons. The molecule has 4 nitrogen and oxygen atoms in total. The molecule has 3 rings (SSSR count). The van der Waals surface area contributed by atoms with E-state index in [-0.39, 0.29) is 36.9 Å². The van der Waals surface area contributed by atoms with Gasteiger partial charge in [0.15, 0.2) is 0 Å². The molecule has 0 unspecified atom stereocenters. The van der Waals surface area contributed by atoms with Gasteiger partial charge in [0.2, 0.25) is 0 Å². The van der Waals surface area contributed by atoms with Crippen LogP contribution in [0, 0.1) is 5.92 Å². The summed E-state index contributed by atoms with van der Waals surface area (Å²) in [5.74, 6) is 0.789. The van der Waals surface area contributed by atoms with Crippen LogP contribution in [0.5, 0.6) is 5.75 Å². The van der Waals surface area contributed by atoms with Crippen LogP contribution >= 0.6 is 11.6 Å². The Hall–Kier alpha value is -0.663. The van der Waals surface area contributed by atoms with E-state index in [2.05, 4.69) is 0 Å². The fourth-order valence-electron chi connectivity index (χ4n) is 2.46. The average Bonchev–Trinajstić information content (AvgIpc) is 2.74. The Bertz CT molecular complexity index is 496. The largest absolute Gasteiger partial charge is 0.489 e. The van der Waals surface area contributed by atoms with Crippen LogP contribution in [-0.2, 0) is 9.63 Å². The maximum atomic E-state index is 11.8. The predicted octanol–water partition coefficient (Wildman–Crippen LogP) is 2.67. The summed E-state index contributed by atoms with van der Waals surface area (Å²) in [4.78, 5) is 17.2. The van der Waals surface area contributed by atoms with E-state index in [0.717, 1.165) is 38.0 Å². The topological polar surface area (TPSA) is 38.8 Å². The van der Waals surface area contributed by atoms with Crippen molar-refractivity contribution in [3.63, 3.8) is 0 Å². The van der Waals surface area contributed by atoms with Crippen molar-refractivity contribution in [2.24, 2.45) is 5.92 Å². The number of rotatable bonds is 4. The van der Waals surface area contributed by atoms with Gasteiger partial charge in [-0.2, -0.15) is 0 Å². The van der Waals surface area contributed by atoms with Gasteiger partial charge in [0.05, 0.1) is 12.5 Å². The number of carbonyl (C=O) groups is 1. The summed E-state index contributed by atoms with van der Waals surface area (Å²) in [5, 5.41) is 2.38. The summed E-state index contributed by atoms with van der Waals surface area (Å²) in [6, 6.07) is 7.36. The maximum Gasteiger partial charge on any atom is 0.328 e. The van der Waals surface area contributed by atoms with Crippen LogP contribution in [0.3, 0.4) is 0 Å². The SMILES string of the molecule is O=C(ON1CC[C@@H](Oc2cccc(Cl)c2)C1)C1CCC1.[Li]. The third kappa shape index (κ3) is 4.40. The predicted molar refractivity (Wildman–Crippen MR) is 81.2 cm³/mol. The fraction of sp³-hybridized carbons (Fsp3) is 0.533. The van der Waals surface area contributed by atoms with Crippen molar-refractivity contribution in [1.29, 1.82) is 0 Å². The summed E-state index contributed by atoms with van der Waals surface area (Å²) in [6.07, 6.45) is 3.97. The number of hydroxylamine groups is 2. The van der Waals surface area contributed by atoms with E-state index in [1.807, 2.05) is 18.2 Å². The molecule has 1 aromatic rings. The van der Waals surface area contributed by atoms with Gasteiger partial charge in [0.25, 0.3) is 0 Å². The standard InChI is InChI=1S/C15H18ClNO3.Li/c16-12-5-2-6-13(9-12)19-14-7-8-17(10-14)20-15(18)11-3-1-4-11;/h2,5-6,9,11,14H,1,3-4,7-8,10H2;/t14-;/m1./s1. The molecule has 6 heteroatoms. The first-order valence-electron chi connectivity index (χ1n) is 7.10. The zero-order valence-electron chi connectivity index (χ0n) is 12.3. The molecular formula is C15H18ClLiNO3. The Balaban J connectivity index is 0.00000161. The second kappa shape index (κ2) is 7.55. The second-order valence-electron chi connectivity index (χ2n) is 5.41. The van der Waals surface area contributed by atoms with Gasteiger partial charge in [0.1, 0.15) is 11.9 Å². The minimum atomic E-state index is -0.0837. The van der Waals surface area contributed by atoms with E-state index in [0.29, 0.717) is 11.6 Å². The van der Waals surface area contributed by atoms with Gasteiger partial charge >= 0.3 is 5.97 Å². The maximum absolute atomic E-state index is 11.8. The molecule has 1 heterocycles. The monoisotopic (exact) mass is 302 g/mol. The van der Waals surface area contributed by atoms with Gasteiger partial charge in [-0.25, -0.2) is 0 Å². The minimum absolute atomic E-state index is 0. The van der Waals surface area contributed by atoms with Crippen molar-refractivity contribution < 1.29 is 14.4 Å². The third-order valence-electron chi connectivity index (χ3n) is 3.86. The van der Waals surface area contributed by atoms with E-state index in [1.165, 1.54) is 0 Å². The van der Waals surface area contributed by atoms with Crippen molar-refractivity contribution in [2.45, 2.75) is 31.8 Å². The van der Waals surface area contributed by atoms with Crippen molar-refractivity contribution in [3.05, 3.63) is 29.3 Å². The zero-order valence-corrected chi connectivity index (χ0v) is 13.0. The molecule has 0 spiro atoms. The molecule has 0 aromatic heterocycles. The molecule has 1 saturated carbocycles. The van der Waals surface area contributed by atoms with Gasteiger partial charge in [-0.1, -0.05) is 24.1 Å². The average molecular weight is 303 g/mol. The van der Waals surface area contributed by atoms with Crippen LogP contribution in [0.4, 0.5) is 0 Å². The summed E-state index contributed by atoms with van der Waals surface area (Å²) >= 11 is 5.93. The number of ether oxygens (including phenoxy) is 1. The van der Waals surface area contributed by atoms with Crippen molar-refractivity contribution in [3.8, 4) is 5.75 Å². The van der Waals surface area contributed by atoms with Crippen LogP contribution in [0.15, 0.2) is 24.3 Å². The summed E-state index contributed by atoms with van der Waals surface area (Å²) in [6.45, 7) is 1.34. The Labute approximate surface area is 141 Å². The smallest absolute Gasteiger partial charge is 0.328 e. The van der Waals surface area contributed by atoms with E-state index in [9.17, 15) is 4.79 Å². The fourth-order valence-corrected chi connectivity index (χ4v) is 2.64. The summed E-state index contributed by atoms with van der Waals surface area (Å²) < 4.78 is 5.85. The number of hydrogen-bond acceptors (Lipinski definition) is 4. The van der Waals surface area contributed by atoms with Gasteiger partial charge in [-0.05, 0) is 31.0 Å². The Kier molecular flexibility index (Phi) is 6.01. The third-order valence-corrected chi connectivity index (χ3v) is 4.10. The zero-order chi connectivity index (χ0) is 13.9. The first-order chi connectivity index (χ1) is 9.70. The second-order valence-corrected chi connectivity index (χ2v) is 5.85. The number of nitrogens with zero attached hydrogens (tertiary/aromatic N) is 1. The normalized spacial score (nSPS) is 22.2. The van der Waals surface area contributed by atoms with Gasteiger partial charge in [-0.15, -0.1) is 5.06 Å². The van der Waals surface area contributed by atoms with Crippen LogP contribution in [-0.4, -0.2) is 49.1 Å².